The van der Waals surface area contributed by atoms with Crippen LogP contribution in [0.5, 0.6) is 5.75 Å². The normalized spacial score (nSPS) is 20.2. The summed E-state index contributed by atoms with van der Waals surface area (Å²) in [6, 6.07) is 3.96. The number of carbonyl (C=O) groups is 2. The van der Waals surface area contributed by atoms with E-state index in [0.717, 1.165) is 4.90 Å². The number of hydrogen-bond donors (Lipinski definition) is 2. The fourth-order valence-electron chi connectivity index (χ4n) is 2.77. The number of non-ortho nitro benzene ring substituents is 1. The van der Waals surface area contributed by atoms with E-state index in [9.17, 15) is 24.8 Å². The topological polar surface area (TPSA) is 126 Å². The van der Waals surface area contributed by atoms with Gasteiger partial charge in [-0.1, -0.05) is 0 Å². The number of nitrogens with one attached hydrogen (secondary N) is 2. The maximum atomic E-state index is 12.2. The fraction of sp³-hybridized carbons (Fsp3) is 0.467. The highest BCUT2D eigenvalue weighted by atomic mass is 16.6. The Balaban J connectivity index is 1.96. The highest BCUT2D eigenvalue weighted by molar-refractivity contribution is 5.93. The molecule has 0 saturated carbocycles. The molecule has 1 aromatic carbocycles. The van der Waals surface area contributed by atoms with E-state index in [0.29, 0.717) is 31.7 Å². The number of likely N-dealkylation sites (tertiary alicyclic amines) is 1. The molecular formula is C15H19N3O6. The summed E-state index contributed by atoms with van der Waals surface area (Å²) in [5.74, 6) is -1.47. The molecule has 0 unspecified atom stereocenters. The van der Waals surface area contributed by atoms with Crippen LogP contribution in [0.25, 0.3) is 0 Å². The second-order valence-electron chi connectivity index (χ2n) is 5.71. The van der Waals surface area contributed by atoms with Crippen molar-refractivity contribution in [3.8, 4) is 5.75 Å². The molecule has 1 saturated heterocycles. The van der Waals surface area contributed by atoms with Crippen LogP contribution < -0.4 is 20.1 Å². The lowest BCUT2D eigenvalue weighted by molar-refractivity contribution is -0.897. The van der Waals surface area contributed by atoms with Crippen molar-refractivity contribution < 1.29 is 29.3 Å². The summed E-state index contributed by atoms with van der Waals surface area (Å²) < 4.78 is 5.10. The van der Waals surface area contributed by atoms with Gasteiger partial charge < -0.3 is 24.9 Å². The molecule has 0 bridgehead atoms. The predicted octanol–water partition coefficient (Wildman–Crippen LogP) is -1.41. The van der Waals surface area contributed by atoms with Crippen LogP contribution in [0.3, 0.4) is 0 Å². The van der Waals surface area contributed by atoms with E-state index >= 15 is 0 Å². The van der Waals surface area contributed by atoms with Gasteiger partial charge in [-0.15, -0.1) is 0 Å². The average molecular weight is 337 g/mol. The summed E-state index contributed by atoms with van der Waals surface area (Å²) in [5, 5.41) is 24.3. The van der Waals surface area contributed by atoms with Gasteiger partial charge in [-0.25, -0.2) is 0 Å². The standard InChI is InChI=1S/C15H19N3O6/c1-24-13-3-2-11(18(22)23)8-12(13)16-14(19)9-17-6-4-10(5-7-17)15(20)21/h2-3,8,10H,4-7,9H2,1H3,(H,16,19)(H,20,21). The Labute approximate surface area is 138 Å². The third kappa shape index (κ3) is 4.42. The van der Waals surface area contributed by atoms with Gasteiger partial charge >= 0.3 is 0 Å². The van der Waals surface area contributed by atoms with Crippen molar-refractivity contribution in [2.24, 2.45) is 5.92 Å². The number of methoxy groups -OCH3 is 1. The molecular weight excluding hydrogens is 318 g/mol. The molecule has 1 heterocycles. The molecule has 1 fully saturated rings. The largest absolute Gasteiger partial charge is 0.550 e. The lowest BCUT2D eigenvalue weighted by atomic mass is 9.97. The minimum absolute atomic E-state index is 0.145. The van der Waals surface area contributed by atoms with E-state index in [1.165, 1.54) is 25.3 Å². The number of nitro groups is 1. The summed E-state index contributed by atoms with van der Waals surface area (Å²) in [4.78, 5) is 34.2. The lowest BCUT2D eigenvalue weighted by Gasteiger charge is -2.29. The van der Waals surface area contributed by atoms with Gasteiger partial charge in [0.15, 0.2) is 6.54 Å². The Morgan fingerprint density at radius 2 is 2.04 bits per heavy atom. The first-order valence-electron chi connectivity index (χ1n) is 7.57. The lowest BCUT2D eigenvalue weighted by Crippen LogP contribution is -3.14. The van der Waals surface area contributed by atoms with Crippen molar-refractivity contribution in [1.29, 1.82) is 0 Å². The third-order valence-corrected chi connectivity index (χ3v) is 4.10. The number of hydrogen-bond acceptors (Lipinski definition) is 6. The number of ether oxygens (including phenoxy) is 1. The second-order valence-corrected chi connectivity index (χ2v) is 5.71. The molecule has 1 aromatic rings. The first kappa shape index (κ1) is 17.7. The number of carboxylic acid groups (broad SMARTS) is 1. The number of nitro benzene ring substituents is 1. The zero-order chi connectivity index (χ0) is 17.7. The number of carboxylic acids is 1. The molecule has 2 rings (SSSR count). The average Bonchev–Trinajstić information content (AvgIpc) is 2.55. The molecule has 0 radical (unpaired) electrons. The predicted molar refractivity (Wildman–Crippen MR) is 81.6 cm³/mol. The Kier molecular flexibility index (Phi) is 5.69. The zero-order valence-corrected chi connectivity index (χ0v) is 13.2. The zero-order valence-electron chi connectivity index (χ0n) is 13.2. The maximum Gasteiger partial charge on any atom is 0.279 e. The third-order valence-electron chi connectivity index (χ3n) is 4.10. The SMILES string of the molecule is COc1ccc([N+](=O)[O-])cc1NC(=O)C[NH+]1CCC(C(=O)[O-])CC1. The summed E-state index contributed by atoms with van der Waals surface area (Å²) in [5.41, 5.74) is 0.0916. The molecule has 0 atom stereocenters. The number of carbonyl (C=O) groups excluding carboxylic acids is 2. The van der Waals surface area contributed by atoms with Gasteiger partial charge in [-0.05, 0) is 6.07 Å². The molecule has 0 aromatic heterocycles. The number of anilines is 1. The van der Waals surface area contributed by atoms with Crippen molar-refractivity contribution in [2.45, 2.75) is 12.8 Å². The molecule has 0 aliphatic carbocycles. The van der Waals surface area contributed by atoms with Crippen LogP contribution in [0, 0.1) is 16.0 Å². The molecule has 1 aliphatic heterocycles. The van der Waals surface area contributed by atoms with Crippen molar-refractivity contribution in [3.05, 3.63) is 28.3 Å². The number of aliphatic carboxylic acids is 1. The number of piperidine rings is 1. The van der Waals surface area contributed by atoms with E-state index < -0.39 is 16.8 Å². The molecule has 1 aliphatic rings. The van der Waals surface area contributed by atoms with Crippen molar-refractivity contribution >= 4 is 23.3 Å². The molecule has 2 N–H and O–H groups in total. The van der Waals surface area contributed by atoms with Gasteiger partial charge in [0.25, 0.3) is 11.6 Å². The van der Waals surface area contributed by atoms with Gasteiger partial charge in [-0.3, -0.25) is 14.9 Å². The number of amides is 1. The smallest absolute Gasteiger partial charge is 0.279 e. The van der Waals surface area contributed by atoms with Gasteiger partial charge in [0.2, 0.25) is 0 Å². The monoisotopic (exact) mass is 337 g/mol. The Morgan fingerprint density at radius 1 is 1.38 bits per heavy atom. The Hall–Kier alpha value is -2.68. The number of nitrogens with zero attached hydrogens (tertiary/aromatic N) is 1. The minimum Gasteiger partial charge on any atom is -0.550 e. The van der Waals surface area contributed by atoms with Crippen LogP contribution >= 0.6 is 0 Å². The molecule has 1 amide bonds. The molecule has 130 valence electrons. The van der Waals surface area contributed by atoms with E-state index in [1.54, 1.807) is 0 Å². The number of benzene rings is 1. The van der Waals surface area contributed by atoms with Crippen LogP contribution in [0.4, 0.5) is 11.4 Å². The highest BCUT2D eigenvalue weighted by Crippen LogP contribution is 2.28. The van der Waals surface area contributed by atoms with Gasteiger partial charge in [0, 0.05) is 36.9 Å². The summed E-state index contributed by atoms with van der Waals surface area (Å²) >= 11 is 0. The molecule has 9 heteroatoms. The highest BCUT2D eigenvalue weighted by Gasteiger charge is 2.25. The molecule has 9 nitrogen and oxygen atoms in total. The summed E-state index contributed by atoms with van der Waals surface area (Å²) in [6.45, 7) is 1.29. The van der Waals surface area contributed by atoms with Gasteiger partial charge in [0.05, 0.1) is 30.8 Å². The minimum atomic E-state index is -1.04. The van der Waals surface area contributed by atoms with E-state index in [4.69, 9.17) is 4.74 Å². The Bertz CT molecular complexity index is 640. The maximum absolute atomic E-state index is 12.2. The number of rotatable bonds is 6. The number of quaternary nitrogens is 1. The van der Waals surface area contributed by atoms with Crippen LogP contribution in [-0.4, -0.2) is 43.5 Å². The fourth-order valence-corrected chi connectivity index (χ4v) is 2.77. The summed E-state index contributed by atoms with van der Waals surface area (Å²) in [7, 11) is 1.41. The van der Waals surface area contributed by atoms with Crippen LogP contribution in [-0.2, 0) is 9.59 Å². The first-order chi connectivity index (χ1) is 11.4. The molecule has 24 heavy (non-hydrogen) atoms. The van der Waals surface area contributed by atoms with Crippen molar-refractivity contribution in [1.82, 2.24) is 0 Å². The van der Waals surface area contributed by atoms with E-state index in [1.807, 2.05) is 0 Å². The van der Waals surface area contributed by atoms with E-state index in [2.05, 4.69) is 5.32 Å². The first-order valence-corrected chi connectivity index (χ1v) is 7.57. The van der Waals surface area contributed by atoms with Crippen LogP contribution in [0.1, 0.15) is 12.8 Å². The quantitative estimate of drug-likeness (QED) is 0.485. The van der Waals surface area contributed by atoms with Gasteiger partial charge in [-0.2, -0.15) is 0 Å². The second kappa shape index (κ2) is 7.73. The van der Waals surface area contributed by atoms with Gasteiger partial charge in [0.1, 0.15) is 5.75 Å². The Morgan fingerprint density at radius 3 is 2.58 bits per heavy atom. The summed E-state index contributed by atoms with van der Waals surface area (Å²) in [6.07, 6.45) is 0.955. The molecule has 0 spiro atoms. The van der Waals surface area contributed by atoms with Crippen LogP contribution in [0.15, 0.2) is 18.2 Å². The van der Waals surface area contributed by atoms with Crippen LogP contribution in [0.2, 0.25) is 0 Å². The van der Waals surface area contributed by atoms with E-state index in [-0.39, 0.29) is 23.8 Å². The van der Waals surface area contributed by atoms with Crippen molar-refractivity contribution in [2.75, 3.05) is 32.1 Å². The van der Waals surface area contributed by atoms with Crippen molar-refractivity contribution in [3.63, 3.8) is 0 Å².